The van der Waals surface area contributed by atoms with Crippen LogP contribution in [0, 0.1) is 20.8 Å². The van der Waals surface area contributed by atoms with Crippen LogP contribution in [0.5, 0.6) is 5.75 Å². The van der Waals surface area contributed by atoms with Crippen LogP contribution in [0.15, 0.2) is 70.2 Å². The second kappa shape index (κ2) is 9.54. The van der Waals surface area contributed by atoms with Crippen molar-refractivity contribution in [1.29, 1.82) is 0 Å². The lowest BCUT2D eigenvalue weighted by Gasteiger charge is -2.26. The van der Waals surface area contributed by atoms with Gasteiger partial charge in [0.25, 0.3) is 10.0 Å². The van der Waals surface area contributed by atoms with Crippen molar-refractivity contribution in [1.82, 2.24) is 0 Å². The summed E-state index contributed by atoms with van der Waals surface area (Å²) >= 11 is 0. The number of sulfonamides is 1. The molecule has 2 aromatic carbocycles. The van der Waals surface area contributed by atoms with Crippen LogP contribution < -0.4 is 9.04 Å². The molecule has 0 amide bonds. The first kappa shape index (κ1) is 24.1. The van der Waals surface area contributed by atoms with Crippen molar-refractivity contribution in [2.75, 3.05) is 10.8 Å². The van der Waals surface area contributed by atoms with Gasteiger partial charge < -0.3 is 14.3 Å². The second-order valence-corrected chi connectivity index (χ2v) is 9.82. The minimum absolute atomic E-state index is 0.0499. The van der Waals surface area contributed by atoms with Crippen LogP contribution in [0.2, 0.25) is 0 Å². The van der Waals surface area contributed by atoms with Crippen LogP contribution in [0.1, 0.15) is 39.7 Å². The molecule has 33 heavy (non-hydrogen) atoms. The monoisotopic (exact) mass is 469 g/mol. The highest BCUT2D eigenvalue weighted by molar-refractivity contribution is 7.92. The van der Waals surface area contributed by atoms with Gasteiger partial charge in [0.05, 0.1) is 17.8 Å². The van der Waals surface area contributed by atoms with Crippen molar-refractivity contribution in [3.63, 3.8) is 0 Å². The van der Waals surface area contributed by atoms with Crippen molar-refractivity contribution >= 4 is 21.7 Å². The normalized spacial score (nSPS) is 11.3. The molecule has 0 unspecified atom stereocenters. The van der Waals surface area contributed by atoms with Gasteiger partial charge in [-0.05, 0) is 80.8 Å². The van der Waals surface area contributed by atoms with Crippen LogP contribution in [0.3, 0.4) is 0 Å². The van der Waals surface area contributed by atoms with Gasteiger partial charge in [-0.25, -0.2) is 4.79 Å². The first-order chi connectivity index (χ1) is 15.5. The molecular weight excluding hydrogens is 442 g/mol. The molecule has 3 rings (SSSR count). The highest BCUT2D eigenvalue weighted by Gasteiger charge is 2.30. The molecule has 0 atom stereocenters. The van der Waals surface area contributed by atoms with E-state index in [4.69, 9.17) is 14.3 Å². The zero-order valence-electron chi connectivity index (χ0n) is 19.1. The smallest absolute Gasteiger partial charge is 0.335 e. The summed E-state index contributed by atoms with van der Waals surface area (Å²) < 4.78 is 39.7. The fourth-order valence-electron chi connectivity index (χ4n) is 3.19. The Hall–Kier alpha value is -3.52. The first-order valence-electron chi connectivity index (χ1n) is 10.3. The molecule has 1 aromatic heterocycles. The minimum atomic E-state index is -4.02. The molecule has 0 aliphatic rings. The maximum atomic E-state index is 13.5. The summed E-state index contributed by atoms with van der Waals surface area (Å²) in [6.45, 7) is 11.3. The Morgan fingerprint density at radius 1 is 1.06 bits per heavy atom. The average Bonchev–Trinajstić information content (AvgIpc) is 3.20. The van der Waals surface area contributed by atoms with Crippen LogP contribution in [-0.4, -0.2) is 26.0 Å². The fraction of sp³-hybridized carbons (Fsp3) is 0.240. The van der Waals surface area contributed by atoms with Gasteiger partial charge in [-0.2, -0.15) is 8.42 Å². The number of nitrogens with zero attached hydrogens (tertiary/aromatic N) is 1. The fourth-order valence-corrected chi connectivity index (χ4v) is 4.68. The van der Waals surface area contributed by atoms with E-state index in [2.05, 4.69) is 6.58 Å². The molecule has 174 valence electrons. The van der Waals surface area contributed by atoms with E-state index in [1.807, 2.05) is 13.8 Å². The van der Waals surface area contributed by atoms with E-state index >= 15 is 0 Å². The van der Waals surface area contributed by atoms with E-state index in [0.717, 1.165) is 16.7 Å². The average molecular weight is 470 g/mol. The zero-order chi connectivity index (χ0) is 24.3. The van der Waals surface area contributed by atoms with E-state index in [0.29, 0.717) is 22.8 Å². The molecule has 0 aliphatic carbocycles. The van der Waals surface area contributed by atoms with Gasteiger partial charge in [-0.1, -0.05) is 24.3 Å². The van der Waals surface area contributed by atoms with Crippen LogP contribution in [0.4, 0.5) is 5.69 Å². The highest BCUT2D eigenvalue weighted by Crippen LogP contribution is 2.36. The van der Waals surface area contributed by atoms with Gasteiger partial charge >= 0.3 is 5.97 Å². The number of carboxylic acids is 1. The van der Waals surface area contributed by atoms with Crippen molar-refractivity contribution in [3.05, 3.63) is 88.7 Å². The lowest BCUT2D eigenvalue weighted by atomic mass is 10.1. The third-order valence-electron chi connectivity index (χ3n) is 5.11. The summed E-state index contributed by atoms with van der Waals surface area (Å²) in [7, 11) is -4.02. The molecule has 0 saturated heterocycles. The Morgan fingerprint density at radius 3 is 2.24 bits per heavy atom. The van der Waals surface area contributed by atoms with Crippen LogP contribution >= 0.6 is 0 Å². The molecule has 1 heterocycles. The number of aromatic carboxylic acids is 1. The van der Waals surface area contributed by atoms with E-state index in [1.165, 1.54) is 22.5 Å². The van der Waals surface area contributed by atoms with Gasteiger partial charge in [0, 0.05) is 0 Å². The highest BCUT2D eigenvalue weighted by atomic mass is 32.2. The van der Waals surface area contributed by atoms with Crippen molar-refractivity contribution in [2.24, 2.45) is 0 Å². The SMILES string of the molecule is C=C(C)CN(c1cc(C)c(C)cc1OCc1ccc(C(=O)O)cc1)S(=O)(=O)c1ccc(C)o1. The largest absolute Gasteiger partial charge is 0.487 e. The number of hydrogen-bond acceptors (Lipinski definition) is 5. The van der Waals surface area contributed by atoms with E-state index in [-0.39, 0.29) is 23.8 Å². The Labute approximate surface area is 194 Å². The quantitative estimate of drug-likeness (QED) is 0.430. The molecule has 3 aromatic rings. The summed E-state index contributed by atoms with van der Waals surface area (Å²) in [5.41, 5.74) is 3.79. The number of carboxylic acid groups (broad SMARTS) is 1. The number of hydrogen-bond donors (Lipinski definition) is 1. The van der Waals surface area contributed by atoms with E-state index in [1.54, 1.807) is 44.2 Å². The molecule has 0 fully saturated rings. The molecule has 0 radical (unpaired) electrons. The zero-order valence-corrected chi connectivity index (χ0v) is 19.9. The molecular formula is C25H27NO6S. The standard InChI is InChI=1S/C25H27NO6S/c1-16(2)14-26(33(29,30)24-11-6-19(5)32-24)22-12-17(3)18(4)13-23(22)31-15-20-7-9-21(10-8-20)25(27)28/h6-13H,1,14-15H2,2-5H3,(H,27,28). The summed E-state index contributed by atoms with van der Waals surface area (Å²) in [5.74, 6) is -0.133. The maximum absolute atomic E-state index is 13.5. The number of aryl methyl sites for hydroxylation is 3. The predicted molar refractivity (Wildman–Crippen MR) is 126 cm³/mol. The Bertz CT molecular complexity index is 1290. The minimum Gasteiger partial charge on any atom is -0.487 e. The van der Waals surface area contributed by atoms with Crippen LogP contribution in [-0.2, 0) is 16.6 Å². The molecule has 1 N–H and O–H groups in total. The maximum Gasteiger partial charge on any atom is 0.335 e. The molecule has 8 heteroatoms. The molecule has 0 saturated carbocycles. The van der Waals surface area contributed by atoms with Gasteiger partial charge in [-0.15, -0.1) is 0 Å². The number of benzene rings is 2. The number of ether oxygens (including phenoxy) is 1. The van der Waals surface area contributed by atoms with Crippen molar-refractivity contribution < 1.29 is 27.5 Å². The predicted octanol–water partition coefficient (Wildman–Crippen LogP) is 5.25. The number of carbonyl (C=O) groups is 1. The Balaban J connectivity index is 2.02. The van der Waals surface area contributed by atoms with Crippen molar-refractivity contribution in [3.8, 4) is 5.75 Å². The van der Waals surface area contributed by atoms with Gasteiger partial charge in [-0.3, -0.25) is 4.31 Å². The van der Waals surface area contributed by atoms with E-state index in [9.17, 15) is 13.2 Å². The van der Waals surface area contributed by atoms with Crippen LogP contribution in [0.25, 0.3) is 0 Å². The molecule has 0 aliphatic heterocycles. The van der Waals surface area contributed by atoms with Gasteiger partial charge in [0.1, 0.15) is 18.1 Å². The third kappa shape index (κ3) is 5.46. The third-order valence-corrected chi connectivity index (χ3v) is 6.75. The molecule has 0 bridgehead atoms. The summed E-state index contributed by atoms with van der Waals surface area (Å²) in [5, 5.41) is 8.92. The van der Waals surface area contributed by atoms with Crippen molar-refractivity contribution in [2.45, 2.75) is 39.4 Å². The van der Waals surface area contributed by atoms with E-state index < -0.39 is 16.0 Å². The topological polar surface area (TPSA) is 97.0 Å². The summed E-state index contributed by atoms with van der Waals surface area (Å²) in [6.07, 6.45) is 0. The molecule has 7 nitrogen and oxygen atoms in total. The first-order valence-corrected chi connectivity index (χ1v) is 11.7. The Morgan fingerprint density at radius 2 is 1.70 bits per heavy atom. The number of rotatable bonds is 9. The summed E-state index contributed by atoms with van der Waals surface area (Å²) in [6, 6.07) is 12.9. The number of furan rings is 1. The second-order valence-electron chi connectivity index (χ2n) is 8.03. The Kier molecular flexibility index (Phi) is 6.98. The lowest BCUT2D eigenvalue weighted by molar-refractivity contribution is 0.0697. The van der Waals surface area contributed by atoms with Gasteiger partial charge in [0.15, 0.2) is 0 Å². The number of anilines is 1. The molecule has 0 spiro atoms. The summed E-state index contributed by atoms with van der Waals surface area (Å²) in [4.78, 5) is 11.1. The van der Waals surface area contributed by atoms with Gasteiger partial charge in [0.2, 0.25) is 5.09 Å². The lowest BCUT2D eigenvalue weighted by Crippen LogP contribution is -2.32.